The Hall–Kier alpha value is -0.990. The molecule has 0 fully saturated rings. The summed E-state index contributed by atoms with van der Waals surface area (Å²) in [5.41, 5.74) is 0.449. The van der Waals surface area contributed by atoms with E-state index >= 15 is 0 Å². The summed E-state index contributed by atoms with van der Waals surface area (Å²) in [6.07, 6.45) is 1.82. The van der Waals surface area contributed by atoms with Gasteiger partial charge in [0.1, 0.15) is 10.9 Å². The second-order valence-electron chi connectivity index (χ2n) is 1.93. The molecule has 0 aliphatic heterocycles. The van der Waals surface area contributed by atoms with Gasteiger partial charge in [-0.15, -0.1) is 23.1 Å². The third-order valence-electron chi connectivity index (χ3n) is 1.21. The van der Waals surface area contributed by atoms with Crippen molar-refractivity contribution in [1.29, 1.82) is 5.26 Å². The van der Waals surface area contributed by atoms with Crippen molar-refractivity contribution >= 4 is 29.1 Å². The normalized spacial score (nSPS) is 9.33. The molecule has 1 N–H and O–H groups in total. The van der Waals surface area contributed by atoms with Gasteiger partial charge in [0.2, 0.25) is 0 Å². The van der Waals surface area contributed by atoms with E-state index in [1.165, 1.54) is 17.8 Å². The lowest BCUT2D eigenvalue weighted by molar-refractivity contribution is 0.0702. The van der Waals surface area contributed by atoms with Crippen LogP contribution in [0.5, 0.6) is 0 Å². The lowest BCUT2D eigenvalue weighted by Crippen LogP contribution is -1.89. The number of carboxylic acid groups (broad SMARTS) is 1. The van der Waals surface area contributed by atoms with Gasteiger partial charge in [-0.2, -0.15) is 5.26 Å². The highest BCUT2D eigenvalue weighted by Crippen LogP contribution is 2.29. The maximum Gasteiger partial charge on any atom is 0.345 e. The maximum absolute atomic E-state index is 10.5. The van der Waals surface area contributed by atoms with Gasteiger partial charge < -0.3 is 5.11 Å². The first kappa shape index (κ1) is 9.10. The second kappa shape index (κ2) is 3.61. The standard InChI is InChI=1S/C7H5NO2S2/c1-11-7-4(3-8)2-5(12-7)6(9)10/h2H,1H3,(H,9,10). The van der Waals surface area contributed by atoms with Gasteiger partial charge in [-0.05, 0) is 12.3 Å². The number of carbonyl (C=O) groups is 1. The molecule has 0 unspecified atom stereocenters. The van der Waals surface area contributed by atoms with Crippen molar-refractivity contribution < 1.29 is 9.90 Å². The van der Waals surface area contributed by atoms with Crippen LogP contribution in [0.1, 0.15) is 15.2 Å². The minimum absolute atomic E-state index is 0.218. The summed E-state index contributed by atoms with van der Waals surface area (Å²) in [7, 11) is 0. The molecule has 0 atom stereocenters. The number of thioether (sulfide) groups is 1. The zero-order valence-corrected chi connectivity index (χ0v) is 7.83. The van der Waals surface area contributed by atoms with Crippen molar-refractivity contribution in [2.45, 2.75) is 4.21 Å². The third-order valence-corrected chi connectivity index (χ3v) is 3.47. The highest BCUT2D eigenvalue weighted by atomic mass is 32.2. The Morgan fingerprint density at radius 3 is 2.83 bits per heavy atom. The summed E-state index contributed by atoms with van der Waals surface area (Å²) in [5, 5.41) is 17.2. The van der Waals surface area contributed by atoms with Crippen molar-refractivity contribution in [1.82, 2.24) is 0 Å². The number of carboxylic acids is 1. The SMILES string of the molecule is CSc1sc(C(=O)O)cc1C#N. The Morgan fingerprint density at radius 1 is 1.83 bits per heavy atom. The Kier molecular flexibility index (Phi) is 2.74. The molecule has 1 rings (SSSR count). The fraction of sp³-hybridized carbons (Fsp3) is 0.143. The average molecular weight is 199 g/mol. The van der Waals surface area contributed by atoms with Crippen LogP contribution in [0, 0.1) is 11.3 Å². The molecule has 12 heavy (non-hydrogen) atoms. The lowest BCUT2D eigenvalue weighted by atomic mass is 10.3. The van der Waals surface area contributed by atoms with Crippen LogP contribution in [0.25, 0.3) is 0 Å². The molecular formula is C7H5NO2S2. The zero-order chi connectivity index (χ0) is 9.14. The molecule has 1 aromatic heterocycles. The van der Waals surface area contributed by atoms with Crippen LogP contribution in [0.2, 0.25) is 0 Å². The Labute approximate surface area is 77.6 Å². The van der Waals surface area contributed by atoms with Crippen molar-refractivity contribution in [2.75, 3.05) is 6.26 Å². The van der Waals surface area contributed by atoms with Crippen LogP contribution in [0.3, 0.4) is 0 Å². The second-order valence-corrected chi connectivity index (χ2v) is 4.06. The fourth-order valence-corrected chi connectivity index (χ4v) is 2.31. The van der Waals surface area contributed by atoms with Gasteiger partial charge in [0.25, 0.3) is 0 Å². The summed E-state index contributed by atoms with van der Waals surface area (Å²) in [6.45, 7) is 0. The van der Waals surface area contributed by atoms with Gasteiger partial charge in [-0.3, -0.25) is 0 Å². The first-order valence-corrected chi connectivity index (χ1v) is 5.04. The molecule has 1 heterocycles. The molecule has 0 spiro atoms. The van der Waals surface area contributed by atoms with Gasteiger partial charge in [0, 0.05) is 0 Å². The molecular weight excluding hydrogens is 194 g/mol. The van der Waals surface area contributed by atoms with Crippen molar-refractivity contribution in [3.05, 3.63) is 16.5 Å². The molecule has 0 aromatic carbocycles. The average Bonchev–Trinajstić information content (AvgIpc) is 2.46. The number of nitriles is 1. The summed E-state index contributed by atoms with van der Waals surface area (Å²) in [6, 6.07) is 3.35. The molecule has 1 aromatic rings. The summed E-state index contributed by atoms with van der Waals surface area (Å²) in [5.74, 6) is -0.975. The Morgan fingerprint density at radius 2 is 2.50 bits per heavy atom. The highest BCUT2D eigenvalue weighted by Gasteiger charge is 2.12. The van der Waals surface area contributed by atoms with E-state index in [0.29, 0.717) is 5.56 Å². The van der Waals surface area contributed by atoms with Crippen LogP contribution in [0.4, 0.5) is 0 Å². The molecule has 62 valence electrons. The predicted octanol–water partition coefficient (Wildman–Crippen LogP) is 2.04. The van der Waals surface area contributed by atoms with E-state index in [4.69, 9.17) is 10.4 Å². The van der Waals surface area contributed by atoms with Gasteiger partial charge >= 0.3 is 5.97 Å². The van der Waals surface area contributed by atoms with Gasteiger partial charge in [-0.25, -0.2) is 4.79 Å². The monoisotopic (exact) mass is 199 g/mol. The van der Waals surface area contributed by atoms with E-state index < -0.39 is 5.97 Å². The quantitative estimate of drug-likeness (QED) is 0.740. The molecule has 0 aliphatic rings. The van der Waals surface area contributed by atoms with E-state index in [-0.39, 0.29) is 4.88 Å². The molecule has 0 saturated heterocycles. The molecule has 0 aliphatic carbocycles. The van der Waals surface area contributed by atoms with Crippen LogP contribution >= 0.6 is 23.1 Å². The number of thiophene rings is 1. The van der Waals surface area contributed by atoms with E-state index in [1.807, 2.05) is 12.3 Å². The van der Waals surface area contributed by atoms with Gasteiger partial charge in [0.15, 0.2) is 0 Å². The number of nitrogens with zero attached hydrogens (tertiary/aromatic N) is 1. The largest absolute Gasteiger partial charge is 0.477 e. The zero-order valence-electron chi connectivity index (χ0n) is 6.20. The van der Waals surface area contributed by atoms with Crippen molar-refractivity contribution in [3.63, 3.8) is 0 Å². The highest BCUT2D eigenvalue weighted by molar-refractivity contribution is 8.00. The summed E-state index contributed by atoms with van der Waals surface area (Å²) >= 11 is 2.52. The van der Waals surface area contributed by atoms with E-state index in [2.05, 4.69) is 0 Å². The molecule has 5 heteroatoms. The van der Waals surface area contributed by atoms with Crippen LogP contribution in [0.15, 0.2) is 10.3 Å². The van der Waals surface area contributed by atoms with E-state index in [1.54, 1.807) is 0 Å². The Bertz CT molecular complexity index is 351. The fourth-order valence-electron chi connectivity index (χ4n) is 0.709. The molecule has 0 bridgehead atoms. The molecule has 0 amide bonds. The minimum atomic E-state index is -0.975. The van der Waals surface area contributed by atoms with E-state index in [9.17, 15) is 4.79 Å². The first-order chi connectivity index (χ1) is 5.69. The smallest absolute Gasteiger partial charge is 0.345 e. The van der Waals surface area contributed by atoms with E-state index in [0.717, 1.165) is 15.5 Å². The van der Waals surface area contributed by atoms with Gasteiger partial charge in [0.05, 0.1) is 9.77 Å². The minimum Gasteiger partial charge on any atom is -0.477 e. The number of rotatable bonds is 2. The summed E-state index contributed by atoms with van der Waals surface area (Å²) in [4.78, 5) is 10.7. The van der Waals surface area contributed by atoms with Crippen LogP contribution in [-0.2, 0) is 0 Å². The molecule has 0 saturated carbocycles. The molecule has 0 radical (unpaired) electrons. The predicted molar refractivity (Wildman–Crippen MR) is 47.8 cm³/mol. The number of hydrogen-bond donors (Lipinski definition) is 1. The first-order valence-electron chi connectivity index (χ1n) is 3.00. The number of hydrogen-bond acceptors (Lipinski definition) is 4. The summed E-state index contributed by atoms with van der Waals surface area (Å²) < 4.78 is 0.759. The van der Waals surface area contributed by atoms with Crippen LogP contribution in [-0.4, -0.2) is 17.3 Å². The lowest BCUT2D eigenvalue weighted by Gasteiger charge is -1.85. The Balaban J connectivity index is 3.16. The van der Waals surface area contributed by atoms with Gasteiger partial charge in [-0.1, -0.05) is 0 Å². The topological polar surface area (TPSA) is 61.1 Å². The molecule has 3 nitrogen and oxygen atoms in total. The van der Waals surface area contributed by atoms with Crippen molar-refractivity contribution in [3.8, 4) is 6.07 Å². The van der Waals surface area contributed by atoms with Crippen molar-refractivity contribution in [2.24, 2.45) is 0 Å². The third kappa shape index (κ3) is 1.60. The van der Waals surface area contributed by atoms with Crippen LogP contribution < -0.4 is 0 Å². The maximum atomic E-state index is 10.5. The number of aromatic carboxylic acids is 1.